The average Bonchev–Trinajstić information content (AvgIpc) is 2.43. The third-order valence-corrected chi connectivity index (χ3v) is 4.56. The van der Waals surface area contributed by atoms with Crippen LogP contribution in [0.15, 0.2) is 12.2 Å². The van der Waals surface area contributed by atoms with Crippen LogP contribution >= 0.6 is 15.9 Å². The second-order valence-corrected chi connectivity index (χ2v) is 6.50. The standard InChI is InChI=1S/C17H25BrO3/c1-4-6-7-11-16(20-13(3)19)17-12-9-8-10-14(18)15(5-2)21-17/h1,8-9,14-17H,5-7,10-12H2,2-3H3/t14-,15?,16+,17+/m0/s1. The van der Waals surface area contributed by atoms with Gasteiger partial charge in [0.05, 0.1) is 12.2 Å². The van der Waals surface area contributed by atoms with E-state index in [2.05, 4.69) is 40.9 Å². The van der Waals surface area contributed by atoms with Crippen molar-refractivity contribution in [1.29, 1.82) is 0 Å². The lowest BCUT2D eigenvalue weighted by Crippen LogP contribution is -2.39. The van der Waals surface area contributed by atoms with Gasteiger partial charge < -0.3 is 9.47 Å². The normalized spacial score (nSPS) is 27.2. The molecule has 0 radical (unpaired) electrons. The van der Waals surface area contributed by atoms with E-state index >= 15 is 0 Å². The number of allylic oxidation sites excluding steroid dienone is 1. The summed E-state index contributed by atoms with van der Waals surface area (Å²) in [5.41, 5.74) is 0. The summed E-state index contributed by atoms with van der Waals surface area (Å²) in [7, 11) is 0. The van der Waals surface area contributed by atoms with Gasteiger partial charge in [-0.2, -0.15) is 0 Å². The molecule has 0 fully saturated rings. The van der Waals surface area contributed by atoms with E-state index in [1.54, 1.807) is 0 Å². The number of alkyl halides is 1. The van der Waals surface area contributed by atoms with Crippen LogP contribution in [-0.4, -0.2) is 29.1 Å². The molecule has 0 amide bonds. The molecule has 3 nitrogen and oxygen atoms in total. The van der Waals surface area contributed by atoms with Gasteiger partial charge >= 0.3 is 5.97 Å². The van der Waals surface area contributed by atoms with Crippen molar-refractivity contribution in [2.75, 3.05) is 0 Å². The largest absolute Gasteiger partial charge is 0.460 e. The van der Waals surface area contributed by atoms with Crippen LogP contribution < -0.4 is 0 Å². The number of esters is 1. The third-order valence-electron chi connectivity index (χ3n) is 3.59. The molecule has 1 aliphatic heterocycles. The van der Waals surface area contributed by atoms with Gasteiger partial charge in [0.2, 0.25) is 0 Å². The summed E-state index contributed by atoms with van der Waals surface area (Å²) >= 11 is 3.68. The highest BCUT2D eigenvalue weighted by Gasteiger charge is 2.29. The summed E-state index contributed by atoms with van der Waals surface area (Å²) in [6.45, 7) is 3.55. The molecule has 0 saturated carbocycles. The van der Waals surface area contributed by atoms with Crippen LogP contribution in [0.4, 0.5) is 0 Å². The molecule has 0 spiro atoms. The van der Waals surface area contributed by atoms with E-state index in [1.807, 2.05) is 0 Å². The van der Waals surface area contributed by atoms with Gasteiger partial charge in [-0.3, -0.25) is 4.79 Å². The van der Waals surface area contributed by atoms with E-state index < -0.39 is 0 Å². The SMILES string of the molecule is C#CCCC[C@@H](OC(C)=O)[C@H]1CC=CC[C@H](Br)C(CC)O1. The van der Waals surface area contributed by atoms with Crippen molar-refractivity contribution in [3.8, 4) is 12.3 Å². The first-order valence-electron chi connectivity index (χ1n) is 7.63. The first-order valence-corrected chi connectivity index (χ1v) is 8.55. The molecule has 118 valence electrons. The number of hydrogen-bond donors (Lipinski definition) is 0. The number of ether oxygens (including phenoxy) is 2. The predicted molar refractivity (Wildman–Crippen MR) is 88.3 cm³/mol. The first-order chi connectivity index (χ1) is 10.1. The van der Waals surface area contributed by atoms with E-state index in [0.717, 1.165) is 32.1 Å². The molecule has 0 N–H and O–H groups in total. The van der Waals surface area contributed by atoms with Gasteiger partial charge in [-0.05, 0) is 32.1 Å². The predicted octanol–water partition coefficient (Wildman–Crippen LogP) is 4.00. The fraction of sp³-hybridized carbons (Fsp3) is 0.706. The summed E-state index contributed by atoms with van der Waals surface area (Å²) in [6.07, 6.45) is 14.3. The lowest BCUT2D eigenvalue weighted by molar-refractivity contribution is -0.159. The summed E-state index contributed by atoms with van der Waals surface area (Å²) in [5.74, 6) is 2.36. The van der Waals surface area contributed by atoms with Crippen LogP contribution in [0.2, 0.25) is 0 Å². The molecular formula is C17H25BrO3. The van der Waals surface area contributed by atoms with Crippen molar-refractivity contribution >= 4 is 21.9 Å². The molecule has 4 heteroatoms. The van der Waals surface area contributed by atoms with Gasteiger partial charge in [0.1, 0.15) is 6.10 Å². The minimum atomic E-state index is -0.265. The molecule has 0 saturated heterocycles. The number of carbonyl (C=O) groups is 1. The van der Waals surface area contributed by atoms with Crippen LogP contribution in [-0.2, 0) is 14.3 Å². The Bertz CT molecular complexity index is 386. The highest BCUT2D eigenvalue weighted by Crippen LogP contribution is 2.26. The number of halogens is 1. The Kier molecular flexibility index (Phi) is 8.72. The molecule has 0 bridgehead atoms. The van der Waals surface area contributed by atoms with Crippen molar-refractivity contribution in [3.05, 3.63) is 12.2 Å². The summed E-state index contributed by atoms with van der Waals surface area (Å²) in [4.78, 5) is 11.6. The Morgan fingerprint density at radius 2 is 2.24 bits per heavy atom. The monoisotopic (exact) mass is 356 g/mol. The molecule has 1 unspecified atom stereocenters. The maximum Gasteiger partial charge on any atom is 0.302 e. The number of terminal acetylenes is 1. The number of carbonyl (C=O) groups excluding carboxylic acids is 1. The van der Waals surface area contributed by atoms with Gasteiger partial charge in [-0.1, -0.05) is 35.0 Å². The molecule has 1 heterocycles. The lowest BCUT2D eigenvalue weighted by atomic mass is 10.0. The first kappa shape index (κ1) is 18.3. The van der Waals surface area contributed by atoms with Crippen LogP contribution in [0.25, 0.3) is 0 Å². The van der Waals surface area contributed by atoms with Crippen molar-refractivity contribution in [2.24, 2.45) is 0 Å². The Balaban J connectivity index is 2.76. The van der Waals surface area contributed by atoms with E-state index in [4.69, 9.17) is 15.9 Å². The van der Waals surface area contributed by atoms with Gasteiger partial charge in [-0.25, -0.2) is 0 Å². The van der Waals surface area contributed by atoms with Gasteiger partial charge in [-0.15, -0.1) is 12.3 Å². The lowest BCUT2D eigenvalue weighted by Gasteiger charge is -2.32. The number of rotatable bonds is 6. The van der Waals surface area contributed by atoms with Crippen LogP contribution in [0.1, 0.15) is 52.4 Å². The molecular weight excluding hydrogens is 332 g/mol. The maximum atomic E-state index is 11.4. The van der Waals surface area contributed by atoms with Gasteiger partial charge in [0, 0.05) is 18.2 Å². The minimum absolute atomic E-state index is 0.103. The topological polar surface area (TPSA) is 35.5 Å². The second kappa shape index (κ2) is 10.0. The minimum Gasteiger partial charge on any atom is -0.460 e. The Hall–Kier alpha value is -0.790. The van der Waals surface area contributed by atoms with Crippen LogP contribution in [0.3, 0.4) is 0 Å². The smallest absolute Gasteiger partial charge is 0.302 e. The Morgan fingerprint density at radius 1 is 1.52 bits per heavy atom. The zero-order chi connectivity index (χ0) is 15.7. The van der Waals surface area contributed by atoms with Crippen LogP contribution in [0, 0.1) is 12.3 Å². The Morgan fingerprint density at radius 3 is 2.86 bits per heavy atom. The van der Waals surface area contributed by atoms with E-state index in [0.29, 0.717) is 11.2 Å². The summed E-state index contributed by atoms with van der Waals surface area (Å²) in [5, 5.41) is 0. The zero-order valence-corrected chi connectivity index (χ0v) is 14.5. The molecule has 0 aromatic carbocycles. The summed E-state index contributed by atoms with van der Waals surface area (Å²) in [6, 6.07) is 0. The second-order valence-electron chi connectivity index (χ2n) is 5.32. The highest BCUT2D eigenvalue weighted by molar-refractivity contribution is 9.09. The Labute approximate surface area is 136 Å². The molecule has 4 atom stereocenters. The fourth-order valence-corrected chi connectivity index (χ4v) is 3.22. The van der Waals surface area contributed by atoms with Crippen LogP contribution in [0.5, 0.6) is 0 Å². The van der Waals surface area contributed by atoms with E-state index in [-0.39, 0.29) is 24.3 Å². The molecule has 1 aliphatic rings. The van der Waals surface area contributed by atoms with Crippen molar-refractivity contribution in [2.45, 2.75) is 75.5 Å². The van der Waals surface area contributed by atoms with Crippen molar-refractivity contribution in [3.63, 3.8) is 0 Å². The molecule has 21 heavy (non-hydrogen) atoms. The van der Waals surface area contributed by atoms with Gasteiger partial charge in [0.15, 0.2) is 0 Å². The third kappa shape index (κ3) is 6.67. The zero-order valence-electron chi connectivity index (χ0n) is 12.9. The molecule has 1 rings (SSSR count). The number of hydrogen-bond acceptors (Lipinski definition) is 3. The summed E-state index contributed by atoms with van der Waals surface area (Å²) < 4.78 is 11.7. The highest BCUT2D eigenvalue weighted by atomic mass is 79.9. The molecule has 0 aromatic heterocycles. The average molecular weight is 357 g/mol. The maximum absolute atomic E-state index is 11.4. The van der Waals surface area contributed by atoms with Gasteiger partial charge in [0.25, 0.3) is 0 Å². The molecule has 0 aliphatic carbocycles. The van der Waals surface area contributed by atoms with Crippen molar-refractivity contribution < 1.29 is 14.3 Å². The number of unbranched alkanes of at least 4 members (excludes halogenated alkanes) is 1. The van der Waals surface area contributed by atoms with E-state index in [1.165, 1.54) is 6.92 Å². The van der Waals surface area contributed by atoms with E-state index in [9.17, 15) is 4.79 Å². The van der Waals surface area contributed by atoms with Crippen molar-refractivity contribution in [1.82, 2.24) is 0 Å². The quantitative estimate of drug-likeness (QED) is 0.237. The fourth-order valence-electron chi connectivity index (χ4n) is 2.50. The molecule has 0 aromatic rings.